The van der Waals surface area contributed by atoms with Crippen molar-refractivity contribution in [3.63, 3.8) is 0 Å². The predicted octanol–water partition coefficient (Wildman–Crippen LogP) is 1.77. The number of benzene rings is 1. The Labute approximate surface area is 76.0 Å². The molecular formula is C9H12NO3+. The van der Waals surface area contributed by atoms with Gasteiger partial charge in [-0.1, -0.05) is 19.1 Å². The highest BCUT2D eigenvalue weighted by atomic mass is 16.6. The van der Waals surface area contributed by atoms with E-state index in [9.17, 15) is 10.1 Å². The molecule has 4 heteroatoms. The van der Waals surface area contributed by atoms with E-state index in [1.807, 2.05) is 6.92 Å². The fourth-order valence-electron chi connectivity index (χ4n) is 1.17. The molecule has 4 nitrogen and oxygen atoms in total. The second-order valence-electron chi connectivity index (χ2n) is 2.78. The molecule has 0 fully saturated rings. The minimum Gasteiger partial charge on any atom is -0.440 e. The topological polar surface area (TPSA) is 66.0 Å². The number of nitrogens with zero attached hydrogens (tertiary/aromatic N) is 1. The number of hydrogen-bond acceptors (Lipinski definition) is 2. The van der Waals surface area contributed by atoms with Crippen LogP contribution in [0.2, 0.25) is 0 Å². The van der Waals surface area contributed by atoms with Crippen LogP contribution in [0.25, 0.3) is 0 Å². The molecule has 2 N–H and O–H groups in total. The Hall–Kier alpha value is -1.42. The van der Waals surface area contributed by atoms with Gasteiger partial charge in [-0.15, -0.1) is 0 Å². The lowest BCUT2D eigenvalue weighted by molar-refractivity contribution is -0.386. The number of para-hydroxylation sites is 1. The molecule has 0 aliphatic rings. The lowest BCUT2D eigenvalue weighted by Gasteiger charge is -2.03. The molecule has 0 bridgehead atoms. The third-order valence-corrected chi connectivity index (χ3v) is 1.92. The summed E-state index contributed by atoms with van der Waals surface area (Å²) < 4.78 is 0. The van der Waals surface area contributed by atoms with Gasteiger partial charge in [-0.05, 0) is 6.07 Å². The molecule has 0 spiro atoms. The lowest BCUT2D eigenvalue weighted by atomic mass is 10.1. The Kier molecular flexibility index (Phi) is 2.97. The number of nitro benzene ring substituents is 1. The highest BCUT2D eigenvalue weighted by molar-refractivity contribution is 5.41. The zero-order valence-electron chi connectivity index (χ0n) is 7.36. The normalized spacial score (nSPS) is 12.5. The van der Waals surface area contributed by atoms with Gasteiger partial charge in [0.2, 0.25) is 0 Å². The molecule has 0 aliphatic carbocycles. The average molecular weight is 182 g/mol. The molecule has 1 unspecified atom stereocenters. The SMILES string of the molecule is CCC([OH2+])c1ccccc1[N+](=O)[O-]. The Morgan fingerprint density at radius 1 is 1.54 bits per heavy atom. The third kappa shape index (κ3) is 2.03. The summed E-state index contributed by atoms with van der Waals surface area (Å²) in [5.41, 5.74) is 0.541. The minimum atomic E-state index is -0.499. The highest BCUT2D eigenvalue weighted by Gasteiger charge is 2.20. The molecule has 0 heterocycles. The van der Waals surface area contributed by atoms with E-state index < -0.39 is 11.0 Å². The van der Waals surface area contributed by atoms with Crippen molar-refractivity contribution < 1.29 is 10.0 Å². The van der Waals surface area contributed by atoms with Crippen molar-refractivity contribution in [3.05, 3.63) is 39.9 Å². The van der Waals surface area contributed by atoms with Gasteiger partial charge < -0.3 is 5.11 Å². The van der Waals surface area contributed by atoms with E-state index in [1.54, 1.807) is 18.2 Å². The smallest absolute Gasteiger partial charge is 0.280 e. The van der Waals surface area contributed by atoms with Gasteiger partial charge in [0.05, 0.1) is 4.92 Å². The molecule has 1 aromatic carbocycles. The molecule has 0 saturated carbocycles. The quantitative estimate of drug-likeness (QED) is 0.406. The Balaban J connectivity index is 3.11. The van der Waals surface area contributed by atoms with Crippen molar-refractivity contribution >= 4 is 5.69 Å². The fraction of sp³-hybridized carbons (Fsp3) is 0.333. The standard InChI is InChI=1S/C9H11NO3/c1-2-9(11)7-5-3-4-6-8(7)10(12)13/h3-6,9,11H,2H2,1H3/p+1. The van der Waals surface area contributed by atoms with E-state index in [0.717, 1.165) is 0 Å². The monoisotopic (exact) mass is 182 g/mol. The van der Waals surface area contributed by atoms with Crippen molar-refractivity contribution in [1.29, 1.82) is 0 Å². The van der Waals surface area contributed by atoms with Gasteiger partial charge in [0.15, 0.2) is 6.10 Å². The molecule has 0 aromatic heterocycles. The first-order valence-electron chi connectivity index (χ1n) is 4.11. The molecule has 70 valence electrons. The molecule has 0 amide bonds. The van der Waals surface area contributed by atoms with E-state index in [2.05, 4.69) is 0 Å². The zero-order chi connectivity index (χ0) is 9.84. The Morgan fingerprint density at radius 2 is 2.15 bits per heavy atom. The summed E-state index contributed by atoms with van der Waals surface area (Å²) in [5.74, 6) is 0. The van der Waals surface area contributed by atoms with Gasteiger partial charge in [-0.2, -0.15) is 0 Å². The molecule has 1 atom stereocenters. The van der Waals surface area contributed by atoms with Crippen LogP contribution in [0.5, 0.6) is 0 Å². The summed E-state index contributed by atoms with van der Waals surface area (Å²) >= 11 is 0. The highest BCUT2D eigenvalue weighted by Crippen LogP contribution is 2.26. The number of rotatable bonds is 3. The van der Waals surface area contributed by atoms with Crippen LogP contribution in [0.4, 0.5) is 5.69 Å². The van der Waals surface area contributed by atoms with Crippen LogP contribution in [0, 0.1) is 10.1 Å². The summed E-state index contributed by atoms with van der Waals surface area (Å²) in [6.45, 7) is 1.84. The summed E-state index contributed by atoms with van der Waals surface area (Å²) in [7, 11) is 0. The first-order valence-corrected chi connectivity index (χ1v) is 4.11. The minimum absolute atomic E-state index is 0.0457. The summed E-state index contributed by atoms with van der Waals surface area (Å²) in [5, 5.41) is 18.2. The third-order valence-electron chi connectivity index (χ3n) is 1.92. The fourth-order valence-corrected chi connectivity index (χ4v) is 1.17. The van der Waals surface area contributed by atoms with Crippen LogP contribution in [0.15, 0.2) is 24.3 Å². The maximum Gasteiger partial charge on any atom is 0.280 e. The van der Waals surface area contributed by atoms with Gasteiger partial charge in [-0.3, -0.25) is 10.1 Å². The first kappa shape index (κ1) is 9.67. The summed E-state index contributed by atoms with van der Waals surface area (Å²) in [6.07, 6.45) is 0.0896. The van der Waals surface area contributed by atoms with Crippen LogP contribution < -0.4 is 0 Å². The van der Waals surface area contributed by atoms with E-state index in [-0.39, 0.29) is 5.69 Å². The van der Waals surface area contributed by atoms with Gasteiger partial charge >= 0.3 is 0 Å². The molecule has 1 aromatic rings. The second kappa shape index (κ2) is 4.00. The second-order valence-corrected chi connectivity index (χ2v) is 2.78. The van der Waals surface area contributed by atoms with Crippen molar-refractivity contribution in [2.75, 3.05) is 0 Å². The predicted molar refractivity (Wildman–Crippen MR) is 49.7 cm³/mol. The van der Waals surface area contributed by atoms with Crippen LogP contribution in [0.1, 0.15) is 25.0 Å². The lowest BCUT2D eigenvalue weighted by Crippen LogP contribution is -2.00. The maximum atomic E-state index is 10.6. The van der Waals surface area contributed by atoms with E-state index in [1.165, 1.54) is 6.07 Å². The molecule has 1 rings (SSSR count). The van der Waals surface area contributed by atoms with Crippen molar-refractivity contribution in [1.82, 2.24) is 0 Å². The van der Waals surface area contributed by atoms with E-state index in [4.69, 9.17) is 5.11 Å². The van der Waals surface area contributed by atoms with E-state index in [0.29, 0.717) is 12.0 Å². The Morgan fingerprint density at radius 3 is 2.69 bits per heavy atom. The van der Waals surface area contributed by atoms with Gasteiger partial charge in [0.25, 0.3) is 5.69 Å². The summed E-state index contributed by atoms with van der Waals surface area (Å²) in [6, 6.07) is 6.41. The van der Waals surface area contributed by atoms with Gasteiger partial charge in [-0.25, -0.2) is 0 Å². The average Bonchev–Trinajstić information content (AvgIpc) is 2.16. The number of hydrogen-bond donors (Lipinski definition) is 0. The van der Waals surface area contributed by atoms with Crippen LogP contribution in [-0.2, 0) is 0 Å². The van der Waals surface area contributed by atoms with Crippen LogP contribution in [-0.4, -0.2) is 10.0 Å². The molecule has 0 radical (unpaired) electrons. The van der Waals surface area contributed by atoms with Gasteiger partial charge in [0.1, 0.15) is 5.56 Å². The first-order chi connectivity index (χ1) is 6.16. The van der Waals surface area contributed by atoms with E-state index >= 15 is 0 Å². The Bertz CT molecular complexity index is 311. The van der Waals surface area contributed by atoms with Gasteiger partial charge in [0, 0.05) is 12.5 Å². The summed E-state index contributed by atoms with van der Waals surface area (Å²) in [4.78, 5) is 10.1. The largest absolute Gasteiger partial charge is 0.440 e. The van der Waals surface area contributed by atoms with Crippen molar-refractivity contribution in [3.8, 4) is 0 Å². The van der Waals surface area contributed by atoms with Crippen molar-refractivity contribution in [2.24, 2.45) is 0 Å². The maximum absolute atomic E-state index is 10.6. The molecular weight excluding hydrogens is 170 g/mol. The number of nitro groups is 1. The van der Waals surface area contributed by atoms with Crippen molar-refractivity contribution in [2.45, 2.75) is 19.4 Å². The molecule has 13 heavy (non-hydrogen) atoms. The molecule has 0 saturated heterocycles. The zero-order valence-corrected chi connectivity index (χ0v) is 7.36. The molecule has 0 aliphatic heterocycles. The van der Waals surface area contributed by atoms with Crippen LogP contribution >= 0.6 is 0 Å². The van der Waals surface area contributed by atoms with Crippen LogP contribution in [0.3, 0.4) is 0 Å².